The Morgan fingerprint density at radius 2 is 2.10 bits per heavy atom. The van der Waals surface area contributed by atoms with E-state index in [1.54, 1.807) is 17.8 Å². The molecule has 0 aromatic carbocycles. The molecule has 2 aliphatic carbocycles. The summed E-state index contributed by atoms with van der Waals surface area (Å²) in [4.78, 5) is 24.4. The Hall–Kier alpha value is -2.30. The largest absolute Gasteiger partial charge is 0.463 e. The molecule has 10 heteroatoms. The van der Waals surface area contributed by atoms with Crippen LogP contribution < -0.4 is 5.73 Å². The summed E-state index contributed by atoms with van der Waals surface area (Å²) in [5.74, 6) is 0.427. The van der Waals surface area contributed by atoms with Crippen molar-refractivity contribution < 1.29 is 24.5 Å². The predicted octanol–water partition coefficient (Wildman–Crippen LogP) is 0.715. The number of rotatable bonds is 5. The van der Waals surface area contributed by atoms with Crippen molar-refractivity contribution in [3.05, 3.63) is 12.7 Å². The average molecular weight is 417 g/mol. The zero-order chi connectivity index (χ0) is 21.1. The van der Waals surface area contributed by atoms with Crippen LogP contribution in [-0.2, 0) is 20.0 Å². The molecular weight excluding hydrogens is 390 g/mol. The van der Waals surface area contributed by atoms with Gasteiger partial charge in [-0.3, -0.25) is 9.36 Å². The average Bonchev–Trinajstić information content (AvgIpc) is 3.52. The Kier molecular flexibility index (Phi) is 4.49. The van der Waals surface area contributed by atoms with Crippen LogP contribution in [-0.4, -0.2) is 60.6 Å². The standard InChI is InChI=1S/C20H27N5O5/c1-2-13(26)29-8-12-15(27)16(28)20(30-12,19-5-3-11(7-19)4-6-19)25-10-24-14-17(21)22-9-23-18(14)25/h9-12,15-16,27-28H,2-8H2,1H3,(H2,21,22,23)/t11?,12-,15-,16-,19?,20+/m1/s1. The molecule has 2 saturated carbocycles. The first-order valence-electron chi connectivity index (χ1n) is 10.6. The zero-order valence-corrected chi connectivity index (χ0v) is 16.9. The number of nitrogens with two attached hydrogens (primary N) is 1. The summed E-state index contributed by atoms with van der Waals surface area (Å²) >= 11 is 0. The number of nitrogen functional groups attached to an aromatic ring is 1. The van der Waals surface area contributed by atoms with Crippen LogP contribution in [0.4, 0.5) is 5.82 Å². The smallest absolute Gasteiger partial charge is 0.305 e. The van der Waals surface area contributed by atoms with Gasteiger partial charge >= 0.3 is 5.97 Å². The molecule has 162 valence electrons. The summed E-state index contributed by atoms with van der Waals surface area (Å²) in [6.45, 7) is 1.57. The van der Waals surface area contributed by atoms with Gasteiger partial charge in [0.25, 0.3) is 0 Å². The van der Waals surface area contributed by atoms with Gasteiger partial charge in [0.1, 0.15) is 36.8 Å². The minimum Gasteiger partial charge on any atom is -0.463 e. The molecule has 3 fully saturated rings. The van der Waals surface area contributed by atoms with Gasteiger partial charge in [0.15, 0.2) is 17.2 Å². The first-order chi connectivity index (χ1) is 14.4. The molecule has 0 radical (unpaired) electrons. The van der Waals surface area contributed by atoms with Gasteiger partial charge in [0, 0.05) is 11.8 Å². The van der Waals surface area contributed by atoms with E-state index in [1.165, 1.54) is 6.33 Å². The molecule has 10 nitrogen and oxygen atoms in total. The van der Waals surface area contributed by atoms with Crippen LogP contribution >= 0.6 is 0 Å². The molecule has 30 heavy (non-hydrogen) atoms. The molecule has 3 aliphatic rings. The van der Waals surface area contributed by atoms with E-state index >= 15 is 0 Å². The highest BCUT2D eigenvalue weighted by atomic mass is 16.6. The molecule has 0 amide bonds. The highest BCUT2D eigenvalue weighted by Crippen LogP contribution is 2.65. The third-order valence-electron chi connectivity index (χ3n) is 7.35. The maximum absolute atomic E-state index is 11.7. The number of hydrogen-bond donors (Lipinski definition) is 3. The quantitative estimate of drug-likeness (QED) is 0.599. The lowest BCUT2D eigenvalue weighted by Gasteiger charge is -2.47. The van der Waals surface area contributed by atoms with Crippen molar-refractivity contribution in [3.63, 3.8) is 0 Å². The van der Waals surface area contributed by atoms with Crippen LogP contribution in [0.1, 0.15) is 45.4 Å². The van der Waals surface area contributed by atoms with E-state index in [4.69, 9.17) is 15.2 Å². The fourth-order valence-electron chi connectivity index (χ4n) is 5.90. The lowest BCUT2D eigenvalue weighted by Crippen LogP contribution is -2.56. The number of aromatic nitrogens is 4. The highest BCUT2D eigenvalue weighted by Gasteiger charge is 2.69. The molecular formula is C20H27N5O5. The molecule has 2 bridgehead atoms. The van der Waals surface area contributed by atoms with E-state index in [-0.39, 0.29) is 30.2 Å². The molecule has 2 aromatic rings. The van der Waals surface area contributed by atoms with E-state index in [1.807, 2.05) is 0 Å². The first-order valence-corrected chi connectivity index (χ1v) is 10.6. The number of carbonyl (C=O) groups is 1. The number of esters is 1. The lowest BCUT2D eigenvalue weighted by atomic mass is 9.71. The van der Waals surface area contributed by atoms with Crippen molar-refractivity contribution in [3.8, 4) is 0 Å². The SMILES string of the molecule is CCC(=O)OC[C@H]1O[C@](n2cnc3c(N)ncnc32)(C23CCC(CC2)C3)[C@H](O)[C@@H]1O. The van der Waals surface area contributed by atoms with Crippen molar-refractivity contribution in [2.24, 2.45) is 11.3 Å². The summed E-state index contributed by atoms with van der Waals surface area (Å²) in [5.41, 5.74) is 5.20. The van der Waals surface area contributed by atoms with Gasteiger partial charge < -0.3 is 25.4 Å². The number of aliphatic hydroxyl groups is 2. The van der Waals surface area contributed by atoms with Crippen molar-refractivity contribution in [2.45, 2.75) is 69.5 Å². The van der Waals surface area contributed by atoms with Crippen molar-refractivity contribution in [1.29, 1.82) is 0 Å². The van der Waals surface area contributed by atoms with E-state index in [9.17, 15) is 15.0 Å². The summed E-state index contributed by atoms with van der Waals surface area (Å²) in [5, 5.41) is 22.4. The number of imidazole rings is 1. The van der Waals surface area contributed by atoms with Gasteiger partial charge in [-0.05, 0) is 38.0 Å². The van der Waals surface area contributed by atoms with Crippen LogP contribution in [0.5, 0.6) is 0 Å². The maximum atomic E-state index is 11.7. The fourth-order valence-corrected chi connectivity index (χ4v) is 5.90. The number of fused-ring (bicyclic) bond motifs is 3. The Bertz CT molecular complexity index is 972. The number of anilines is 1. The normalized spacial score (nSPS) is 37.8. The monoisotopic (exact) mass is 417 g/mol. The Morgan fingerprint density at radius 1 is 1.33 bits per heavy atom. The van der Waals surface area contributed by atoms with Crippen LogP contribution in [0.2, 0.25) is 0 Å². The van der Waals surface area contributed by atoms with E-state index in [0.717, 1.165) is 32.1 Å². The van der Waals surface area contributed by atoms with Gasteiger partial charge in [-0.25, -0.2) is 15.0 Å². The summed E-state index contributed by atoms with van der Waals surface area (Å²) in [7, 11) is 0. The Labute approximate surface area is 173 Å². The topological polar surface area (TPSA) is 146 Å². The maximum Gasteiger partial charge on any atom is 0.305 e. The molecule has 4 atom stereocenters. The van der Waals surface area contributed by atoms with E-state index in [0.29, 0.717) is 17.1 Å². The Balaban J connectivity index is 1.63. The molecule has 3 heterocycles. The lowest BCUT2D eigenvalue weighted by molar-refractivity contribution is -0.222. The first kappa shape index (κ1) is 19.7. The summed E-state index contributed by atoms with van der Waals surface area (Å²) in [6, 6.07) is 0. The van der Waals surface area contributed by atoms with Crippen molar-refractivity contribution in [2.75, 3.05) is 12.3 Å². The third-order valence-corrected chi connectivity index (χ3v) is 7.35. The van der Waals surface area contributed by atoms with Gasteiger partial charge in [0.05, 0.1) is 6.33 Å². The zero-order valence-electron chi connectivity index (χ0n) is 16.9. The summed E-state index contributed by atoms with van der Waals surface area (Å²) < 4.78 is 13.5. The number of carbonyl (C=O) groups excluding carboxylic acids is 1. The van der Waals surface area contributed by atoms with Gasteiger partial charge in [0.2, 0.25) is 0 Å². The van der Waals surface area contributed by atoms with Crippen LogP contribution in [0, 0.1) is 11.3 Å². The number of ether oxygens (including phenoxy) is 2. The van der Waals surface area contributed by atoms with Gasteiger partial charge in [-0.2, -0.15) is 0 Å². The summed E-state index contributed by atoms with van der Waals surface area (Å²) in [6.07, 6.45) is 4.53. The van der Waals surface area contributed by atoms with Crippen LogP contribution in [0.25, 0.3) is 11.2 Å². The van der Waals surface area contributed by atoms with Gasteiger partial charge in [-0.1, -0.05) is 6.92 Å². The molecule has 1 saturated heterocycles. The molecule has 0 spiro atoms. The van der Waals surface area contributed by atoms with E-state index in [2.05, 4.69) is 15.0 Å². The second kappa shape index (κ2) is 6.86. The van der Waals surface area contributed by atoms with Crippen LogP contribution in [0.3, 0.4) is 0 Å². The fraction of sp³-hybridized carbons (Fsp3) is 0.700. The van der Waals surface area contributed by atoms with Crippen molar-refractivity contribution in [1.82, 2.24) is 19.5 Å². The second-order valence-corrected chi connectivity index (χ2v) is 8.80. The Morgan fingerprint density at radius 3 is 2.77 bits per heavy atom. The molecule has 1 aliphatic heterocycles. The molecule has 5 rings (SSSR count). The molecule has 4 N–H and O–H groups in total. The molecule has 2 aromatic heterocycles. The molecule has 0 unspecified atom stereocenters. The predicted molar refractivity (Wildman–Crippen MR) is 105 cm³/mol. The number of hydrogen-bond acceptors (Lipinski definition) is 9. The second-order valence-electron chi connectivity index (χ2n) is 8.80. The third kappa shape index (κ3) is 2.53. The number of aliphatic hydroxyl groups excluding tert-OH is 2. The minimum atomic E-state index is -1.28. The highest BCUT2D eigenvalue weighted by molar-refractivity contribution is 5.81. The number of nitrogens with zero attached hydrogens (tertiary/aromatic N) is 4. The van der Waals surface area contributed by atoms with Crippen LogP contribution in [0.15, 0.2) is 12.7 Å². The van der Waals surface area contributed by atoms with Gasteiger partial charge in [-0.15, -0.1) is 0 Å². The minimum absolute atomic E-state index is 0.129. The van der Waals surface area contributed by atoms with Crippen molar-refractivity contribution >= 4 is 23.0 Å². The van der Waals surface area contributed by atoms with E-state index < -0.39 is 24.0 Å².